The fourth-order valence-electron chi connectivity index (χ4n) is 3.84. The van der Waals surface area contributed by atoms with E-state index in [1.165, 1.54) is 0 Å². The maximum absolute atomic E-state index is 13.4. The Labute approximate surface area is 163 Å². The van der Waals surface area contributed by atoms with Crippen LogP contribution in [-0.2, 0) is 4.74 Å². The predicted molar refractivity (Wildman–Crippen MR) is 108 cm³/mol. The molecule has 144 valence electrons. The van der Waals surface area contributed by atoms with E-state index in [1.54, 1.807) is 18.1 Å². The number of methoxy groups -OCH3 is 1. The zero-order valence-electron chi connectivity index (χ0n) is 16.3. The first-order valence-electron chi connectivity index (χ1n) is 9.45. The Morgan fingerprint density at radius 1 is 1.04 bits per heavy atom. The van der Waals surface area contributed by atoms with Gasteiger partial charge in [0.05, 0.1) is 17.0 Å². The third kappa shape index (κ3) is 3.02. The van der Waals surface area contributed by atoms with Gasteiger partial charge in [-0.2, -0.15) is 0 Å². The van der Waals surface area contributed by atoms with Gasteiger partial charge in [0.15, 0.2) is 5.43 Å². The largest absolute Gasteiger partial charge is 0.450 e. The molecule has 0 saturated heterocycles. The fourth-order valence-corrected chi connectivity index (χ4v) is 3.84. The van der Waals surface area contributed by atoms with Crippen LogP contribution in [0.3, 0.4) is 0 Å². The molecule has 2 heterocycles. The Kier molecular flexibility index (Phi) is 4.77. The molecule has 5 nitrogen and oxygen atoms in total. The molecule has 0 aliphatic carbocycles. The molecule has 1 amide bonds. The highest BCUT2D eigenvalue weighted by Gasteiger charge is 2.42. The Morgan fingerprint density at radius 3 is 2.46 bits per heavy atom. The van der Waals surface area contributed by atoms with Gasteiger partial charge in [-0.05, 0) is 38.0 Å². The number of aryl methyl sites for hydroxylation is 2. The fraction of sp³-hybridized carbons (Fsp3) is 0.304. The van der Waals surface area contributed by atoms with E-state index in [-0.39, 0.29) is 17.1 Å². The average molecular weight is 377 g/mol. The van der Waals surface area contributed by atoms with Gasteiger partial charge in [-0.3, -0.25) is 9.59 Å². The van der Waals surface area contributed by atoms with Gasteiger partial charge in [0.2, 0.25) is 5.76 Å². The molecule has 1 aromatic heterocycles. The maximum Gasteiger partial charge on any atom is 0.290 e. The van der Waals surface area contributed by atoms with E-state index in [4.69, 9.17) is 9.15 Å². The van der Waals surface area contributed by atoms with Crippen molar-refractivity contribution >= 4 is 16.9 Å². The van der Waals surface area contributed by atoms with Crippen molar-refractivity contribution in [2.45, 2.75) is 26.3 Å². The van der Waals surface area contributed by atoms with Crippen molar-refractivity contribution in [3.63, 3.8) is 0 Å². The molecule has 1 aliphatic heterocycles. The minimum Gasteiger partial charge on any atom is -0.450 e. The van der Waals surface area contributed by atoms with Crippen LogP contribution in [0.1, 0.15) is 45.3 Å². The van der Waals surface area contributed by atoms with Crippen molar-refractivity contribution in [3.8, 4) is 0 Å². The van der Waals surface area contributed by atoms with Crippen LogP contribution in [-0.4, -0.2) is 31.1 Å². The van der Waals surface area contributed by atoms with Gasteiger partial charge >= 0.3 is 0 Å². The van der Waals surface area contributed by atoms with Gasteiger partial charge in [0, 0.05) is 20.3 Å². The lowest BCUT2D eigenvalue weighted by Crippen LogP contribution is -2.31. The summed E-state index contributed by atoms with van der Waals surface area (Å²) < 4.78 is 11.1. The summed E-state index contributed by atoms with van der Waals surface area (Å²) in [6.07, 6.45) is 0.686. The van der Waals surface area contributed by atoms with Crippen LogP contribution in [0.25, 0.3) is 11.0 Å². The molecule has 0 radical (unpaired) electrons. The van der Waals surface area contributed by atoms with Crippen LogP contribution in [0.5, 0.6) is 0 Å². The predicted octanol–water partition coefficient (Wildman–Crippen LogP) is 3.99. The van der Waals surface area contributed by atoms with Crippen molar-refractivity contribution in [3.05, 3.63) is 80.7 Å². The average Bonchev–Trinajstić information content (AvgIpc) is 2.96. The quantitative estimate of drug-likeness (QED) is 0.631. The minimum atomic E-state index is -0.443. The highest BCUT2D eigenvalue weighted by Crippen LogP contribution is 2.38. The van der Waals surface area contributed by atoms with E-state index in [1.807, 2.05) is 50.2 Å². The van der Waals surface area contributed by atoms with Crippen molar-refractivity contribution in [2.75, 3.05) is 20.3 Å². The standard InChI is InChI=1S/C23H23NO4/c1-14-5-8-16(9-6-14)20-19-21(25)17-13-15(2)7-10-18(17)28-22(19)23(26)24(20)11-4-12-27-3/h5-10,13,20H,4,11-12H2,1-3H3/t20-/m0/s1. The lowest BCUT2D eigenvalue weighted by molar-refractivity contribution is 0.0708. The number of fused-ring (bicyclic) bond motifs is 2. The normalized spacial score (nSPS) is 16.0. The van der Waals surface area contributed by atoms with E-state index in [2.05, 4.69) is 0 Å². The van der Waals surface area contributed by atoms with E-state index in [0.717, 1.165) is 16.7 Å². The Balaban J connectivity index is 1.92. The van der Waals surface area contributed by atoms with Gasteiger partial charge in [-0.25, -0.2) is 0 Å². The second-order valence-corrected chi connectivity index (χ2v) is 7.33. The molecule has 0 fully saturated rings. The molecule has 0 unspecified atom stereocenters. The van der Waals surface area contributed by atoms with Crippen LogP contribution in [0.15, 0.2) is 51.7 Å². The molecule has 1 aliphatic rings. The molecule has 5 heteroatoms. The zero-order chi connectivity index (χ0) is 19.8. The summed E-state index contributed by atoms with van der Waals surface area (Å²) in [6.45, 7) is 4.98. The third-order valence-corrected chi connectivity index (χ3v) is 5.26. The summed E-state index contributed by atoms with van der Waals surface area (Å²) in [5.74, 6) is -0.0828. The monoisotopic (exact) mass is 377 g/mol. The first kappa shape index (κ1) is 18.4. The SMILES string of the molecule is COCCCN1C(=O)c2oc3ccc(C)cc3c(=O)c2[C@@H]1c1ccc(C)cc1. The molecular formula is C23H23NO4. The molecule has 2 aromatic carbocycles. The molecule has 1 atom stereocenters. The van der Waals surface area contributed by atoms with Gasteiger partial charge in [-0.15, -0.1) is 0 Å². The first-order valence-corrected chi connectivity index (χ1v) is 9.45. The summed E-state index contributed by atoms with van der Waals surface area (Å²) in [5.41, 5.74) is 3.77. The molecule has 0 N–H and O–H groups in total. The van der Waals surface area contributed by atoms with E-state index in [9.17, 15) is 9.59 Å². The van der Waals surface area contributed by atoms with Gasteiger partial charge in [-0.1, -0.05) is 41.5 Å². The van der Waals surface area contributed by atoms with Crippen LogP contribution >= 0.6 is 0 Å². The van der Waals surface area contributed by atoms with Crippen LogP contribution in [0.4, 0.5) is 0 Å². The van der Waals surface area contributed by atoms with Gasteiger partial charge in [0.25, 0.3) is 5.91 Å². The van der Waals surface area contributed by atoms with Crippen molar-refractivity contribution < 1.29 is 13.9 Å². The number of hydrogen-bond donors (Lipinski definition) is 0. The summed E-state index contributed by atoms with van der Waals surface area (Å²) in [6, 6.07) is 13.0. The number of carbonyl (C=O) groups excluding carboxylic acids is 1. The van der Waals surface area contributed by atoms with Crippen LogP contribution in [0.2, 0.25) is 0 Å². The minimum absolute atomic E-state index is 0.131. The third-order valence-electron chi connectivity index (χ3n) is 5.26. The molecule has 28 heavy (non-hydrogen) atoms. The summed E-state index contributed by atoms with van der Waals surface area (Å²) in [4.78, 5) is 28.3. The molecule has 0 saturated carbocycles. The molecule has 0 spiro atoms. The van der Waals surface area contributed by atoms with Crippen LogP contribution in [0, 0.1) is 13.8 Å². The number of carbonyl (C=O) groups is 1. The van der Waals surface area contributed by atoms with E-state index in [0.29, 0.717) is 36.1 Å². The number of ether oxygens (including phenoxy) is 1. The maximum atomic E-state index is 13.4. The number of benzene rings is 2. The number of nitrogens with zero attached hydrogens (tertiary/aromatic N) is 1. The van der Waals surface area contributed by atoms with Crippen molar-refractivity contribution in [1.82, 2.24) is 4.90 Å². The highest BCUT2D eigenvalue weighted by atomic mass is 16.5. The zero-order valence-corrected chi connectivity index (χ0v) is 16.3. The number of amides is 1. The smallest absolute Gasteiger partial charge is 0.290 e. The van der Waals surface area contributed by atoms with E-state index >= 15 is 0 Å². The van der Waals surface area contributed by atoms with Crippen LogP contribution < -0.4 is 5.43 Å². The Morgan fingerprint density at radius 2 is 1.75 bits per heavy atom. The van der Waals surface area contributed by atoms with Gasteiger partial charge in [0.1, 0.15) is 5.58 Å². The highest BCUT2D eigenvalue weighted by molar-refractivity contribution is 5.99. The first-order chi connectivity index (χ1) is 13.5. The number of rotatable bonds is 5. The van der Waals surface area contributed by atoms with E-state index < -0.39 is 6.04 Å². The lowest BCUT2D eigenvalue weighted by atomic mass is 9.97. The van der Waals surface area contributed by atoms with Crippen molar-refractivity contribution in [1.29, 1.82) is 0 Å². The Hall–Kier alpha value is -2.92. The van der Waals surface area contributed by atoms with Gasteiger partial charge < -0.3 is 14.1 Å². The number of hydrogen-bond acceptors (Lipinski definition) is 4. The second-order valence-electron chi connectivity index (χ2n) is 7.33. The summed E-state index contributed by atoms with van der Waals surface area (Å²) in [7, 11) is 1.64. The molecule has 4 rings (SSSR count). The topological polar surface area (TPSA) is 59.8 Å². The molecule has 3 aromatic rings. The Bertz CT molecular complexity index is 1100. The lowest BCUT2D eigenvalue weighted by Gasteiger charge is -2.25. The molecular weight excluding hydrogens is 354 g/mol. The second kappa shape index (κ2) is 7.24. The van der Waals surface area contributed by atoms with Crippen molar-refractivity contribution in [2.24, 2.45) is 0 Å². The molecule has 0 bridgehead atoms. The summed E-state index contributed by atoms with van der Waals surface area (Å²) >= 11 is 0. The summed E-state index contributed by atoms with van der Waals surface area (Å²) in [5, 5.41) is 0.516.